The monoisotopic (exact) mass is 278 g/mol. The van der Waals surface area contributed by atoms with Gasteiger partial charge in [0, 0.05) is 0 Å². The van der Waals surface area contributed by atoms with Crippen molar-refractivity contribution >= 4 is 43.1 Å². The molecule has 0 aromatic heterocycles. The summed E-state index contributed by atoms with van der Waals surface area (Å²) in [4.78, 5) is 0. The van der Waals surface area contributed by atoms with Crippen molar-refractivity contribution in [2.45, 2.75) is 0 Å². The third-order valence-electron chi connectivity index (χ3n) is 4.61. The molecule has 0 heteroatoms. The Morgan fingerprint density at radius 3 is 1.23 bits per heavy atom. The Balaban J connectivity index is 2.02. The first-order chi connectivity index (χ1) is 10.9. The summed E-state index contributed by atoms with van der Waals surface area (Å²) in [6.07, 6.45) is 0. The van der Waals surface area contributed by atoms with Gasteiger partial charge in [-0.2, -0.15) is 0 Å². The number of benzene rings is 5. The maximum absolute atomic E-state index is 2.33. The van der Waals surface area contributed by atoms with Crippen molar-refractivity contribution in [1.29, 1.82) is 0 Å². The second-order valence-corrected chi connectivity index (χ2v) is 5.87. The van der Waals surface area contributed by atoms with Crippen molar-refractivity contribution < 1.29 is 0 Å². The van der Waals surface area contributed by atoms with Crippen molar-refractivity contribution in [2.24, 2.45) is 0 Å². The lowest BCUT2D eigenvalue weighted by molar-refractivity contribution is 1.78. The molecule has 0 saturated heterocycles. The van der Waals surface area contributed by atoms with Crippen LogP contribution in [-0.2, 0) is 0 Å². The highest BCUT2D eigenvalue weighted by Crippen LogP contribution is 2.32. The van der Waals surface area contributed by atoms with Crippen molar-refractivity contribution in [1.82, 2.24) is 0 Å². The van der Waals surface area contributed by atoms with Crippen molar-refractivity contribution in [3.63, 3.8) is 0 Å². The van der Waals surface area contributed by atoms with E-state index in [1.54, 1.807) is 0 Å². The molecule has 0 amide bonds. The van der Waals surface area contributed by atoms with Gasteiger partial charge in [0.1, 0.15) is 0 Å². The van der Waals surface area contributed by atoms with E-state index in [9.17, 15) is 0 Å². The summed E-state index contributed by atoms with van der Waals surface area (Å²) in [7, 11) is 0. The molecule has 0 atom stereocenters. The van der Waals surface area contributed by atoms with Crippen molar-refractivity contribution in [2.75, 3.05) is 0 Å². The van der Waals surface area contributed by atoms with Gasteiger partial charge in [0.05, 0.1) is 0 Å². The lowest BCUT2D eigenvalue weighted by atomic mass is 9.95. The summed E-state index contributed by atoms with van der Waals surface area (Å²) < 4.78 is 0. The van der Waals surface area contributed by atoms with Crippen LogP contribution in [0.15, 0.2) is 84.9 Å². The van der Waals surface area contributed by atoms with Crippen LogP contribution in [0.5, 0.6) is 0 Å². The Hall–Kier alpha value is -2.86. The Labute approximate surface area is 128 Å². The molecule has 0 N–H and O–H groups in total. The minimum atomic E-state index is 1.30. The van der Waals surface area contributed by atoms with Gasteiger partial charge >= 0.3 is 0 Å². The van der Waals surface area contributed by atoms with E-state index in [4.69, 9.17) is 0 Å². The van der Waals surface area contributed by atoms with Gasteiger partial charge in [0.15, 0.2) is 0 Å². The molecule has 0 unspecified atom stereocenters. The van der Waals surface area contributed by atoms with Gasteiger partial charge in [-0.05, 0) is 55.2 Å². The zero-order valence-corrected chi connectivity index (χ0v) is 12.1. The molecule has 0 aliphatic rings. The number of hydrogen-bond acceptors (Lipinski definition) is 0. The molecule has 102 valence electrons. The van der Waals surface area contributed by atoms with Gasteiger partial charge in [-0.3, -0.25) is 0 Å². The minimum absolute atomic E-state index is 1.30. The number of rotatable bonds is 0. The summed E-state index contributed by atoms with van der Waals surface area (Å²) in [6, 6.07) is 30.8. The van der Waals surface area contributed by atoms with Gasteiger partial charge in [0.2, 0.25) is 0 Å². The molecule has 0 bridgehead atoms. The van der Waals surface area contributed by atoms with Crippen LogP contribution in [0.4, 0.5) is 0 Å². The zero-order chi connectivity index (χ0) is 14.5. The van der Waals surface area contributed by atoms with Crippen LogP contribution in [0.3, 0.4) is 0 Å². The molecule has 0 saturated carbocycles. The van der Waals surface area contributed by atoms with Crippen LogP contribution in [-0.4, -0.2) is 0 Å². The third kappa shape index (κ3) is 1.58. The topological polar surface area (TPSA) is 0 Å². The van der Waals surface area contributed by atoms with Gasteiger partial charge in [0.25, 0.3) is 0 Å². The molecular formula is C22H14. The van der Waals surface area contributed by atoms with Crippen LogP contribution in [0.25, 0.3) is 43.1 Å². The van der Waals surface area contributed by atoms with Crippen LogP contribution < -0.4 is 0 Å². The predicted molar refractivity (Wildman–Crippen MR) is 96.5 cm³/mol. The van der Waals surface area contributed by atoms with Gasteiger partial charge in [-0.25, -0.2) is 0 Å². The molecule has 22 heavy (non-hydrogen) atoms. The first-order valence-corrected chi connectivity index (χ1v) is 7.63. The molecule has 5 aromatic rings. The van der Waals surface area contributed by atoms with E-state index >= 15 is 0 Å². The highest BCUT2D eigenvalue weighted by Gasteiger charge is 2.05. The summed E-state index contributed by atoms with van der Waals surface area (Å²) in [5.74, 6) is 0. The zero-order valence-electron chi connectivity index (χ0n) is 12.1. The van der Waals surface area contributed by atoms with Gasteiger partial charge in [-0.15, -0.1) is 0 Å². The van der Waals surface area contributed by atoms with Crippen LogP contribution >= 0.6 is 0 Å². The number of fused-ring (bicyclic) bond motifs is 6. The van der Waals surface area contributed by atoms with Gasteiger partial charge < -0.3 is 0 Å². The van der Waals surface area contributed by atoms with Crippen molar-refractivity contribution in [3.8, 4) is 0 Å². The lowest BCUT2D eigenvalue weighted by Crippen LogP contribution is -1.81. The van der Waals surface area contributed by atoms with E-state index in [-0.39, 0.29) is 0 Å². The van der Waals surface area contributed by atoms with E-state index in [2.05, 4.69) is 84.9 Å². The smallest absolute Gasteiger partial charge is 0.00990 e. The average Bonchev–Trinajstić information content (AvgIpc) is 2.60. The van der Waals surface area contributed by atoms with Gasteiger partial charge in [-0.1, -0.05) is 72.8 Å². The van der Waals surface area contributed by atoms with E-state index in [0.717, 1.165) is 0 Å². The first kappa shape index (κ1) is 11.8. The van der Waals surface area contributed by atoms with E-state index in [1.807, 2.05) is 0 Å². The van der Waals surface area contributed by atoms with E-state index in [1.165, 1.54) is 43.1 Å². The van der Waals surface area contributed by atoms with Crippen LogP contribution in [0.2, 0.25) is 0 Å². The Morgan fingerprint density at radius 2 is 0.727 bits per heavy atom. The summed E-state index contributed by atoms with van der Waals surface area (Å²) >= 11 is 0. The molecule has 0 fully saturated rings. The quantitative estimate of drug-likeness (QED) is 0.230. The summed E-state index contributed by atoms with van der Waals surface area (Å²) in [6.45, 7) is 0. The highest BCUT2D eigenvalue weighted by molar-refractivity contribution is 6.17. The molecule has 0 aliphatic carbocycles. The fourth-order valence-electron chi connectivity index (χ4n) is 3.51. The number of hydrogen-bond donors (Lipinski definition) is 0. The lowest BCUT2D eigenvalue weighted by Gasteiger charge is -2.08. The average molecular weight is 278 g/mol. The second-order valence-electron chi connectivity index (χ2n) is 5.87. The highest BCUT2D eigenvalue weighted by atomic mass is 14.1. The van der Waals surface area contributed by atoms with Crippen molar-refractivity contribution in [3.05, 3.63) is 84.9 Å². The SMILES string of the molecule is c1ccc2c(c1)ccc1cc3c(ccc4ccccc43)cc12. The maximum atomic E-state index is 2.33. The molecule has 5 rings (SSSR count). The molecule has 0 heterocycles. The second kappa shape index (κ2) is 4.32. The third-order valence-corrected chi connectivity index (χ3v) is 4.61. The largest absolute Gasteiger partial charge is 0.0616 e. The Morgan fingerprint density at radius 1 is 0.318 bits per heavy atom. The predicted octanol–water partition coefficient (Wildman–Crippen LogP) is 6.30. The maximum Gasteiger partial charge on any atom is -0.00990 e. The molecule has 0 nitrogen and oxygen atoms in total. The van der Waals surface area contributed by atoms with E-state index in [0.29, 0.717) is 0 Å². The fraction of sp³-hybridized carbons (Fsp3) is 0. The van der Waals surface area contributed by atoms with Crippen LogP contribution in [0, 0.1) is 0 Å². The summed E-state index contributed by atoms with van der Waals surface area (Å²) in [5.41, 5.74) is 0. The fourth-order valence-corrected chi connectivity index (χ4v) is 3.51. The van der Waals surface area contributed by atoms with E-state index < -0.39 is 0 Å². The summed E-state index contributed by atoms with van der Waals surface area (Å²) in [5, 5.41) is 10.5. The Kier molecular flexibility index (Phi) is 2.31. The molecule has 0 spiro atoms. The standard InChI is InChI=1S/C22H14/c1-3-7-19-15(5-1)9-11-17-14-22-18(13-21(17)19)12-10-16-6-2-4-8-20(16)22/h1-14H. The Bertz CT molecular complexity index is 1070. The van der Waals surface area contributed by atoms with Crippen LogP contribution in [0.1, 0.15) is 0 Å². The normalized spacial score (nSPS) is 11.6. The molecular weight excluding hydrogens is 264 g/mol. The molecule has 5 aromatic carbocycles. The minimum Gasteiger partial charge on any atom is -0.0616 e. The molecule has 0 aliphatic heterocycles. The molecule has 0 radical (unpaired) electrons. The first-order valence-electron chi connectivity index (χ1n) is 7.63.